The van der Waals surface area contributed by atoms with E-state index in [-0.39, 0.29) is 23.8 Å². The van der Waals surface area contributed by atoms with Crippen LogP contribution in [0.3, 0.4) is 0 Å². The van der Waals surface area contributed by atoms with Gasteiger partial charge in [0.15, 0.2) is 0 Å². The van der Waals surface area contributed by atoms with Crippen LogP contribution in [0, 0.1) is 12.7 Å². The second-order valence-electron chi connectivity index (χ2n) is 6.84. The van der Waals surface area contributed by atoms with Crippen LogP contribution in [-0.4, -0.2) is 36.0 Å². The standard InChI is InChI=1S/C21H24FN3O2/c1-15-13-16(7-8-19(15)22)14-23-21(27)25-11-9-18(10-12-25)24-20(26)17-5-3-2-4-6-17/h2-8,13,18H,9-12,14H2,1H3,(H,23,27)(H,24,26). The molecular formula is C21H24FN3O2. The molecule has 2 N–H and O–H groups in total. The number of amides is 3. The molecule has 1 aliphatic heterocycles. The van der Waals surface area contributed by atoms with E-state index in [0.717, 1.165) is 18.4 Å². The number of carbonyl (C=O) groups is 2. The lowest BCUT2D eigenvalue weighted by atomic mass is 10.0. The van der Waals surface area contributed by atoms with E-state index >= 15 is 0 Å². The molecule has 1 saturated heterocycles. The molecule has 0 saturated carbocycles. The maximum Gasteiger partial charge on any atom is 0.317 e. The van der Waals surface area contributed by atoms with E-state index in [0.29, 0.717) is 30.8 Å². The molecule has 2 aromatic carbocycles. The Kier molecular flexibility index (Phi) is 6.06. The quantitative estimate of drug-likeness (QED) is 0.869. The normalized spacial score (nSPS) is 14.7. The van der Waals surface area contributed by atoms with Crippen LogP contribution in [0.1, 0.15) is 34.3 Å². The molecule has 5 nitrogen and oxygen atoms in total. The zero-order valence-corrected chi connectivity index (χ0v) is 15.4. The van der Waals surface area contributed by atoms with Crippen LogP contribution in [0.2, 0.25) is 0 Å². The average molecular weight is 369 g/mol. The Morgan fingerprint density at radius 3 is 2.48 bits per heavy atom. The number of hydrogen-bond acceptors (Lipinski definition) is 2. The molecule has 6 heteroatoms. The summed E-state index contributed by atoms with van der Waals surface area (Å²) in [5.41, 5.74) is 2.08. The van der Waals surface area contributed by atoms with Crippen molar-refractivity contribution >= 4 is 11.9 Å². The third-order valence-electron chi connectivity index (χ3n) is 4.82. The monoisotopic (exact) mass is 369 g/mol. The summed E-state index contributed by atoms with van der Waals surface area (Å²) in [5.74, 6) is -0.324. The van der Waals surface area contributed by atoms with Crippen molar-refractivity contribution in [3.63, 3.8) is 0 Å². The predicted octanol–water partition coefficient (Wildman–Crippen LogP) is 3.24. The van der Waals surface area contributed by atoms with Crippen molar-refractivity contribution in [3.8, 4) is 0 Å². The van der Waals surface area contributed by atoms with Crippen molar-refractivity contribution in [2.75, 3.05) is 13.1 Å². The lowest BCUT2D eigenvalue weighted by Crippen LogP contribution is -2.49. The number of aryl methyl sites for hydroxylation is 1. The minimum Gasteiger partial charge on any atom is -0.349 e. The highest BCUT2D eigenvalue weighted by Crippen LogP contribution is 2.13. The Morgan fingerprint density at radius 2 is 1.81 bits per heavy atom. The molecule has 3 amide bonds. The van der Waals surface area contributed by atoms with Crippen LogP contribution in [0.5, 0.6) is 0 Å². The Labute approximate surface area is 158 Å². The fraction of sp³-hybridized carbons (Fsp3) is 0.333. The van der Waals surface area contributed by atoms with Gasteiger partial charge in [-0.05, 0) is 49.1 Å². The van der Waals surface area contributed by atoms with Gasteiger partial charge >= 0.3 is 6.03 Å². The Balaban J connectivity index is 1.43. The van der Waals surface area contributed by atoms with Crippen LogP contribution < -0.4 is 10.6 Å². The number of hydrogen-bond donors (Lipinski definition) is 2. The summed E-state index contributed by atoms with van der Waals surface area (Å²) < 4.78 is 13.3. The Morgan fingerprint density at radius 1 is 1.11 bits per heavy atom. The van der Waals surface area contributed by atoms with Crippen LogP contribution in [0.15, 0.2) is 48.5 Å². The largest absolute Gasteiger partial charge is 0.349 e. The third-order valence-corrected chi connectivity index (χ3v) is 4.82. The van der Waals surface area contributed by atoms with Crippen molar-refractivity contribution in [2.24, 2.45) is 0 Å². The molecule has 0 unspecified atom stereocenters. The lowest BCUT2D eigenvalue weighted by molar-refractivity contribution is 0.0918. The van der Waals surface area contributed by atoms with E-state index in [1.54, 1.807) is 36.1 Å². The zero-order valence-electron chi connectivity index (χ0n) is 15.4. The van der Waals surface area contributed by atoms with E-state index in [4.69, 9.17) is 0 Å². The van der Waals surface area contributed by atoms with Gasteiger partial charge in [0.05, 0.1) is 0 Å². The topological polar surface area (TPSA) is 61.4 Å². The number of nitrogens with one attached hydrogen (secondary N) is 2. The van der Waals surface area contributed by atoms with Gasteiger partial charge in [0, 0.05) is 31.2 Å². The van der Waals surface area contributed by atoms with Crippen molar-refractivity contribution in [1.82, 2.24) is 15.5 Å². The van der Waals surface area contributed by atoms with Crippen molar-refractivity contribution in [2.45, 2.75) is 32.4 Å². The van der Waals surface area contributed by atoms with Gasteiger partial charge in [-0.1, -0.05) is 30.3 Å². The third kappa shape index (κ3) is 5.06. The highest BCUT2D eigenvalue weighted by Gasteiger charge is 2.24. The molecule has 0 spiro atoms. The van der Waals surface area contributed by atoms with Gasteiger partial charge in [-0.15, -0.1) is 0 Å². The second-order valence-corrected chi connectivity index (χ2v) is 6.84. The minimum atomic E-state index is -0.246. The average Bonchev–Trinajstić information content (AvgIpc) is 2.70. The minimum absolute atomic E-state index is 0.0708. The van der Waals surface area contributed by atoms with Gasteiger partial charge in [-0.2, -0.15) is 0 Å². The van der Waals surface area contributed by atoms with Gasteiger partial charge < -0.3 is 15.5 Å². The van der Waals surface area contributed by atoms with Crippen molar-refractivity contribution < 1.29 is 14.0 Å². The summed E-state index contributed by atoms with van der Waals surface area (Å²) >= 11 is 0. The van der Waals surface area contributed by atoms with E-state index < -0.39 is 0 Å². The molecule has 3 rings (SSSR count). The number of benzene rings is 2. The summed E-state index contributed by atoms with van der Waals surface area (Å²) in [5, 5.41) is 5.91. The summed E-state index contributed by atoms with van der Waals surface area (Å²) in [6, 6.07) is 13.9. The first-order valence-electron chi connectivity index (χ1n) is 9.16. The molecule has 1 aliphatic rings. The molecule has 0 aliphatic carbocycles. The van der Waals surface area contributed by atoms with E-state index in [1.807, 2.05) is 18.2 Å². The number of piperidine rings is 1. The van der Waals surface area contributed by atoms with Crippen LogP contribution in [-0.2, 0) is 6.54 Å². The molecule has 0 radical (unpaired) electrons. The molecule has 0 aromatic heterocycles. The van der Waals surface area contributed by atoms with Crippen LogP contribution in [0.4, 0.5) is 9.18 Å². The number of likely N-dealkylation sites (tertiary alicyclic amines) is 1. The Hall–Kier alpha value is -2.89. The maximum atomic E-state index is 13.3. The van der Waals surface area contributed by atoms with Crippen LogP contribution in [0.25, 0.3) is 0 Å². The molecule has 0 bridgehead atoms. The highest BCUT2D eigenvalue weighted by atomic mass is 19.1. The maximum absolute atomic E-state index is 13.3. The number of rotatable bonds is 4. The second kappa shape index (κ2) is 8.66. The smallest absolute Gasteiger partial charge is 0.317 e. The summed E-state index contributed by atoms with van der Waals surface area (Å²) in [6.07, 6.45) is 1.45. The molecule has 27 heavy (non-hydrogen) atoms. The summed E-state index contributed by atoms with van der Waals surface area (Å²) in [7, 11) is 0. The highest BCUT2D eigenvalue weighted by molar-refractivity contribution is 5.94. The van der Waals surface area contributed by atoms with Crippen LogP contribution >= 0.6 is 0 Å². The molecule has 142 valence electrons. The number of urea groups is 1. The molecular weight excluding hydrogens is 345 g/mol. The van der Waals surface area contributed by atoms with Gasteiger partial charge in [0.25, 0.3) is 5.91 Å². The molecule has 0 atom stereocenters. The number of halogens is 1. The SMILES string of the molecule is Cc1cc(CNC(=O)N2CCC(NC(=O)c3ccccc3)CC2)ccc1F. The van der Waals surface area contributed by atoms with Gasteiger partial charge in [0.1, 0.15) is 5.82 Å². The predicted molar refractivity (Wildman–Crippen MR) is 102 cm³/mol. The van der Waals surface area contributed by atoms with E-state index in [2.05, 4.69) is 10.6 Å². The number of carbonyl (C=O) groups excluding carboxylic acids is 2. The first-order valence-corrected chi connectivity index (χ1v) is 9.16. The summed E-state index contributed by atoms with van der Waals surface area (Å²) in [4.78, 5) is 26.3. The van der Waals surface area contributed by atoms with Crippen molar-refractivity contribution in [3.05, 3.63) is 71.0 Å². The fourth-order valence-corrected chi connectivity index (χ4v) is 3.19. The first kappa shape index (κ1) is 18.9. The fourth-order valence-electron chi connectivity index (χ4n) is 3.19. The van der Waals surface area contributed by atoms with E-state index in [9.17, 15) is 14.0 Å². The van der Waals surface area contributed by atoms with E-state index in [1.165, 1.54) is 6.07 Å². The van der Waals surface area contributed by atoms with Gasteiger partial charge in [0.2, 0.25) is 0 Å². The Bertz CT molecular complexity index is 802. The first-order chi connectivity index (χ1) is 13.0. The lowest BCUT2D eigenvalue weighted by Gasteiger charge is -2.32. The molecule has 1 fully saturated rings. The van der Waals surface area contributed by atoms with Gasteiger partial charge in [-0.25, -0.2) is 9.18 Å². The van der Waals surface area contributed by atoms with Gasteiger partial charge in [-0.3, -0.25) is 4.79 Å². The summed E-state index contributed by atoms with van der Waals surface area (Å²) in [6.45, 7) is 3.25. The number of nitrogens with zero attached hydrogens (tertiary/aromatic N) is 1. The zero-order chi connectivity index (χ0) is 19.2. The molecule has 1 heterocycles. The molecule has 2 aromatic rings. The van der Waals surface area contributed by atoms with Crippen molar-refractivity contribution in [1.29, 1.82) is 0 Å².